The quantitative estimate of drug-likeness (QED) is 0.576. The number of aromatic nitrogens is 2. The summed E-state index contributed by atoms with van der Waals surface area (Å²) in [5.41, 5.74) is 3.82. The molecule has 0 spiro atoms. The Bertz CT molecular complexity index is 1220. The number of nitrogens with zero attached hydrogens (tertiary/aromatic N) is 2. The normalized spacial score (nSPS) is 15.4. The predicted molar refractivity (Wildman–Crippen MR) is 112 cm³/mol. The van der Waals surface area contributed by atoms with Crippen molar-refractivity contribution >= 4 is 27.9 Å². The molecule has 2 aromatic carbocycles. The highest BCUT2D eigenvalue weighted by Crippen LogP contribution is 2.33. The number of carbonyl (C=O) groups is 1. The number of H-pyrrole nitrogens is 1. The summed E-state index contributed by atoms with van der Waals surface area (Å²) < 4.78 is 6.79. The molecule has 148 valence electrons. The van der Waals surface area contributed by atoms with Gasteiger partial charge >= 0.3 is 5.76 Å². The Labute approximate surface area is 167 Å². The summed E-state index contributed by atoms with van der Waals surface area (Å²) >= 11 is 0. The molecule has 6 nitrogen and oxygen atoms in total. The van der Waals surface area contributed by atoms with Crippen LogP contribution in [-0.4, -0.2) is 33.4 Å². The van der Waals surface area contributed by atoms with E-state index in [9.17, 15) is 9.59 Å². The van der Waals surface area contributed by atoms with Crippen LogP contribution in [0.4, 0.5) is 0 Å². The second-order valence-corrected chi connectivity index (χ2v) is 7.68. The SMILES string of the molecule is O=C(CCn1c(=O)oc2ccccc21)N1CCC(c2c[nH]c3ccccc23)CC1. The number of benzene rings is 2. The number of piperidine rings is 1. The summed E-state index contributed by atoms with van der Waals surface area (Å²) in [6, 6.07) is 15.7. The number of para-hydroxylation sites is 3. The molecule has 1 fully saturated rings. The van der Waals surface area contributed by atoms with Crippen molar-refractivity contribution in [2.75, 3.05) is 13.1 Å². The molecule has 5 rings (SSSR count). The fourth-order valence-corrected chi connectivity index (χ4v) is 4.46. The number of fused-ring (bicyclic) bond motifs is 2. The lowest BCUT2D eigenvalue weighted by molar-refractivity contribution is -0.132. The standard InChI is InChI=1S/C23H23N3O3/c27-22(11-14-26-20-7-3-4-8-21(20)29-23(26)28)25-12-9-16(10-13-25)18-15-24-19-6-2-1-5-17(18)19/h1-8,15-16,24H,9-14H2. The fraction of sp³-hybridized carbons (Fsp3) is 0.304. The third-order valence-corrected chi connectivity index (χ3v) is 6.03. The number of aryl methyl sites for hydroxylation is 1. The monoisotopic (exact) mass is 389 g/mol. The molecule has 1 saturated heterocycles. The van der Waals surface area contributed by atoms with E-state index in [1.807, 2.05) is 29.2 Å². The van der Waals surface area contributed by atoms with Crippen molar-refractivity contribution in [2.45, 2.75) is 31.7 Å². The van der Waals surface area contributed by atoms with Gasteiger partial charge in [-0.25, -0.2) is 4.79 Å². The van der Waals surface area contributed by atoms with Gasteiger partial charge in [-0.15, -0.1) is 0 Å². The summed E-state index contributed by atoms with van der Waals surface area (Å²) in [4.78, 5) is 30.1. The van der Waals surface area contributed by atoms with Crippen LogP contribution in [0.2, 0.25) is 0 Å². The molecule has 1 aliphatic heterocycles. The Morgan fingerprint density at radius 3 is 2.69 bits per heavy atom. The molecule has 0 unspecified atom stereocenters. The first kappa shape index (κ1) is 17.8. The maximum atomic E-state index is 12.7. The molecule has 0 bridgehead atoms. The average Bonchev–Trinajstić information content (AvgIpc) is 3.32. The van der Waals surface area contributed by atoms with E-state index in [1.165, 1.54) is 16.5 Å². The first-order valence-corrected chi connectivity index (χ1v) is 10.1. The van der Waals surface area contributed by atoms with Gasteiger partial charge in [0.15, 0.2) is 5.58 Å². The van der Waals surface area contributed by atoms with Crippen LogP contribution in [0.15, 0.2) is 63.9 Å². The van der Waals surface area contributed by atoms with E-state index in [-0.39, 0.29) is 5.91 Å². The molecule has 0 saturated carbocycles. The van der Waals surface area contributed by atoms with Crippen LogP contribution >= 0.6 is 0 Å². The number of carbonyl (C=O) groups excluding carboxylic acids is 1. The highest BCUT2D eigenvalue weighted by atomic mass is 16.4. The van der Waals surface area contributed by atoms with Crippen molar-refractivity contribution in [3.8, 4) is 0 Å². The van der Waals surface area contributed by atoms with Gasteiger partial charge in [0.1, 0.15) is 0 Å². The van der Waals surface area contributed by atoms with Crippen molar-refractivity contribution in [3.05, 3.63) is 70.8 Å². The molecule has 1 amide bonds. The van der Waals surface area contributed by atoms with Crippen molar-refractivity contribution in [1.29, 1.82) is 0 Å². The number of aromatic amines is 1. The molecule has 0 aliphatic carbocycles. The summed E-state index contributed by atoms with van der Waals surface area (Å²) in [6.45, 7) is 1.85. The van der Waals surface area contributed by atoms with Gasteiger partial charge in [0.05, 0.1) is 5.52 Å². The van der Waals surface area contributed by atoms with Crippen molar-refractivity contribution in [1.82, 2.24) is 14.5 Å². The van der Waals surface area contributed by atoms with Gasteiger partial charge in [0.2, 0.25) is 5.91 Å². The Hall–Kier alpha value is -3.28. The highest BCUT2D eigenvalue weighted by Gasteiger charge is 2.25. The largest absolute Gasteiger partial charge is 0.419 e. The summed E-state index contributed by atoms with van der Waals surface area (Å²) in [5.74, 6) is 0.159. The number of rotatable bonds is 4. The Balaban J connectivity index is 1.22. The lowest BCUT2D eigenvalue weighted by Gasteiger charge is -2.32. The van der Waals surface area contributed by atoms with E-state index in [1.54, 1.807) is 10.6 Å². The van der Waals surface area contributed by atoms with Gasteiger partial charge in [-0.2, -0.15) is 0 Å². The fourth-order valence-electron chi connectivity index (χ4n) is 4.46. The van der Waals surface area contributed by atoms with Gasteiger partial charge in [0.25, 0.3) is 0 Å². The van der Waals surface area contributed by atoms with E-state index in [0.717, 1.165) is 31.4 Å². The van der Waals surface area contributed by atoms with E-state index in [4.69, 9.17) is 4.42 Å². The molecule has 1 aliphatic rings. The van der Waals surface area contributed by atoms with Gasteiger partial charge in [-0.1, -0.05) is 30.3 Å². The Morgan fingerprint density at radius 2 is 1.83 bits per heavy atom. The summed E-state index contributed by atoms with van der Waals surface area (Å²) in [5, 5.41) is 1.28. The highest BCUT2D eigenvalue weighted by molar-refractivity contribution is 5.83. The van der Waals surface area contributed by atoms with Crippen LogP contribution in [0.25, 0.3) is 22.0 Å². The zero-order valence-corrected chi connectivity index (χ0v) is 16.1. The first-order chi connectivity index (χ1) is 14.2. The molecular formula is C23H23N3O3. The molecule has 6 heteroatoms. The van der Waals surface area contributed by atoms with Gasteiger partial charge in [-0.05, 0) is 42.5 Å². The van der Waals surface area contributed by atoms with Crippen LogP contribution in [0.1, 0.15) is 30.7 Å². The first-order valence-electron chi connectivity index (χ1n) is 10.1. The minimum Gasteiger partial charge on any atom is -0.408 e. The third kappa shape index (κ3) is 3.24. The molecule has 0 atom stereocenters. The number of hydrogen-bond donors (Lipinski definition) is 1. The van der Waals surface area contributed by atoms with Crippen LogP contribution < -0.4 is 5.76 Å². The lowest BCUT2D eigenvalue weighted by Crippen LogP contribution is -2.38. The van der Waals surface area contributed by atoms with Gasteiger partial charge in [0, 0.05) is 43.2 Å². The maximum Gasteiger partial charge on any atom is 0.419 e. The van der Waals surface area contributed by atoms with Crippen LogP contribution in [0.3, 0.4) is 0 Å². The number of nitrogens with one attached hydrogen (secondary N) is 1. The summed E-state index contributed by atoms with van der Waals surface area (Å²) in [6.07, 6.45) is 4.34. The van der Waals surface area contributed by atoms with Gasteiger partial charge < -0.3 is 14.3 Å². The zero-order chi connectivity index (χ0) is 19.8. The number of amides is 1. The Morgan fingerprint density at radius 1 is 1.07 bits per heavy atom. The summed E-state index contributed by atoms with van der Waals surface area (Å²) in [7, 11) is 0. The maximum absolute atomic E-state index is 12.7. The second-order valence-electron chi connectivity index (χ2n) is 7.68. The topological polar surface area (TPSA) is 71.2 Å². The molecule has 4 aromatic rings. The third-order valence-electron chi connectivity index (χ3n) is 6.03. The minimum atomic E-state index is -0.406. The van der Waals surface area contributed by atoms with Crippen LogP contribution in [-0.2, 0) is 11.3 Å². The molecular weight excluding hydrogens is 366 g/mol. The van der Waals surface area contributed by atoms with E-state index >= 15 is 0 Å². The van der Waals surface area contributed by atoms with Gasteiger partial charge in [-0.3, -0.25) is 9.36 Å². The van der Waals surface area contributed by atoms with Crippen LogP contribution in [0.5, 0.6) is 0 Å². The average molecular weight is 389 g/mol. The Kier molecular flexibility index (Phi) is 4.46. The minimum absolute atomic E-state index is 0.0968. The van der Waals surface area contributed by atoms with E-state index in [2.05, 4.69) is 29.4 Å². The zero-order valence-electron chi connectivity index (χ0n) is 16.1. The number of hydrogen-bond acceptors (Lipinski definition) is 3. The smallest absolute Gasteiger partial charge is 0.408 e. The van der Waals surface area contributed by atoms with Crippen LogP contribution in [0, 0.1) is 0 Å². The predicted octanol–water partition coefficient (Wildman–Crippen LogP) is 3.87. The molecule has 29 heavy (non-hydrogen) atoms. The number of oxazole rings is 1. The van der Waals surface area contributed by atoms with E-state index in [0.29, 0.717) is 24.5 Å². The van der Waals surface area contributed by atoms with Crippen molar-refractivity contribution < 1.29 is 9.21 Å². The molecule has 2 aromatic heterocycles. The molecule has 1 N–H and O–H groups in total. The van der Waals surface area contributed by atoms with Crippen molar-refractivity contribution in [3.63, 3.8) is 0 Å². The molecule has 3 heterocycles. The lowest BCUT2D eigenvalue weighted by atomic mass is 9.89. The second kappa shape index (κ2) is 7.28. The van der Waals surface area contributed by atoms with E-state index < -0.39 is 5.76 Å². The molecule has 0 radical (unpaired) electrons. The number of likely N-dealkylation sites (tertiary alicyclic amines) is 1. The van der Waals surface area contributed by atoms with Crippen molar-refractivity contribution in [2.24, 2.45) is 0 Å².